The zero-order chi connectivity index (χ0) is 11.4. The highest BCUT2D eigenvalue weighted by Gasteiger charge is 2.44. The molecule has 0 aliphatic heterocycles. The highest BCUT2D eigenvalue weighted by atomic mass is 35.5. The number of nitrogens with zero attached hydrogens (tertiary/aromatic N) is 1. The summed E-state index contributed by atoms with van der Waals surface area (Å²) in [6, 6.07) is 4.02. The van der Waals surface area contributed by atoms with Gasteiger partial charge in [-0.15, -0.1) is 11.6 Å². The van der Waals surface area contributed by atoms with Gasteiger partial charge in [-0.2, -0.15) is 0 Å². The Hall–Kier alpha value is -1.09. The van der Waals surface area contributed by atoms with Crippen molar-refractivity contribution in [3.8, 4) is 0 Å². The van der Waals surface area contributed by atoms with Crippen molar-refractivity contribution in [3.63, 3.8) is 0 Å². The van der Waals surface area contributed by atoms with Crippen molar-refractivity contribution in [2.45, 2.75) is 24.7 Å². The summed E-state index contributed by atoms with van der Waals surface area (Å²) in [5.74, 6) is 0.413. The minimum atomic E-state index is 0.0326. The van der Waals surface area contributed by atoms with Crippen molar-refractivity contribution in [3.05, 3.63) is 30.1 Å². The van der Waals surface area contributed by atoms with Crippen LogP contribution in [0.2, 0.25) is 0 Å². The molecule has 1 amide bonds. The van der Waals surface area contributed by atoms with Crippen molar-refractivity contribution < 1.29 is 4.79 Å². The molecular weight excluding hydrogens is 224 g/mol. The van der Waals surface area contributed by atoms with Crippen LogP contribution < -0.4 is 5.32 Å². The average molecular weight is 239 g/mol. The van der Waals surface area contributed by atoms with Gasteiger partial charge in [0.05, 0.1) is 0 Å². The molecule has 4 heteroatoms. The van der Waals surface area contributed by atoms with Crippen LogP contribution in [0.5, 0.6) is 0 Å². The van der Waals surface area contributed by atoms with E-state index in [1.807, 2.05) is 12.3 Å². The van der Waals surface area contributed by atoms with Crippen molar-refractivity contribution >= 4 is 17.5 Å². The number of halogens is 1. The van der Waals surface area contributed by atoms with Crippen LogP contribution in [-0.4, -0.2) is 23.3 Å². The second kappa shape index (κ2) is 4.83. The summed E-state index contributed by atoms with van der Waals surface area (Å²) in [5.41, 5.74) is 1.36. The molecule has 3 nitrogen and oxygen atoms in total. The zero-order valence-electron chi connectivity index (χ0n) is 9.08. The maximum absolute atomic E-state index is 11.3. The number of carbonyl (C=O) groups excluding carboxylic acids is 1. The molecule has 86 valence electrons. The molecule has 1 heterocycles. The van der Waals surface area contributed by atoms with Gasteiger partial charge in [0.25, 0.3) is 0 Å². The third-order valence-corrected chi connectivity index (χ3v) is 3.26. The smallest absolute Gasteiger partial charge is 0.221 e. The summed E-state index contributed by atoms with van der Waals surface area (Å²) in [7, 11) is 0. The SMILES string of the molecule is O=C(CCCl)NCC1(c2cccnc2)CC1. The van der Waals surface area contributed by atoms with E-state index in [4.69, 9.17) is 11.6 Å². The van der Waals surface area contributed by atoms with Crippen LogP contribution >= 0.6 is 11.6 Å². The van der Waals surface area contributed by atoms with Gasteiger partial charge in [0.2, 0.25) is 5.91 Å². The summed E-state index contributed by atoms with van der Waals surface area (Å²) in [4.78, 5) is 15.5. The Balaban J connectivity index is 1.92. The molecule has 0 saturated heterocycles. The molecule has 1 aliphatic carbocycles. The average Bonchev–Trinajstić information content (AvgIpc) is 3.09. The fourth-order valence-corrected chi connectivity index (χ4v) is 2.01. The van der Waals surface area contributed by atoms with Crippen LogP contribution in [0.1, 0.15) is 24.8 Å². The molecule has 0 spiro atoms. The molecule has 1 saturated carbocycles. The summed E-state index contributed by atoms with van der Waals surface area (Å²) >= 11 is 5.51. The van der Waals surface area contributed by atoms with E-state index in [1.165, 1.54) is 5.56 Å². The molecule has 0 aromatic carbocycles. The molecule has 1 aromatic rings. The first-order chi connectivity index (χ1) is 7.77. The lowest BCUT2D eigenvalue weighted by Crippen LogP contribution is -2.32. The van der Waals surface area contributed by atoms with E-state index < -0.39 is 0 Å². The Labute approximate surface area is 100 Å². The van der Waals surface area contributed by atoms with Crippen molar-refractivity contribution in [2.75, 3.05) is 12.4 Å². The summed E-state index contributed by atoms with van der Waals surface area (Å²) in [6.07, 6.45) is 6.30. The number of hydrogen-bond acceptors (Lipinski definition) is 2. The number of nitrogens with one attached hydrogen (secondary N) is 1. The first-order valence-corrected chi connectivity index (χ1v) is 6.03. The molecule has 0 unspecified atom stereocenters. The van der Waals surface area contributed by atoms with Crippen LogP contribution in [0.3, 0.4) is 0 Å². The lowest BCUT2D eigenvalue weighted by molar-refractivity contribution is -0.120. The maximum atomic E-state index is 11.3. The topological polar surface area (TPSA) is 42.0 Å². The Morgan fingerprint density at radius 3 is 2.94 bits per heavy atom. The van der Waals surface area contributed by atoms with E-state index in [2.05, 4.69) is 16.4 Å². The predicted molar refractivity (Wildman–Crippen MR) is 63.5 cm³/mol. The van der Waals surface area contributed by atoms with E-state index in [9.17, 15) is 4.79 Å². The maximum Gasteiger partial charge on any atom is 0.221 e. The van der Waals surface area contributed by atoms with Gasteiger partial charge in [0, 0.05) is 36.7 Å². The highest BCUT2D eigenvalue weighted by molar-refractivity contribution is 6.18. The second-order valence-corrected chi connectivity index (χ2v) is 4.62. The van der Waals surface area contributed by atoms with Crippen LogP contribution in [-0.2, 0) is 10.2 Å². The fraction of sp³-hybridized carbons (Fsp3) is 0.500. The molecule has 1 N–H and O–H groups in total. The quantitative estimate of drug-likeness (QED) is 0.796. The summed E-state index contributed by atoms with van der Waals surface area (Å²) < 4.78 is 0. The van der Waals surface area contributed by atoms with Crippen LogP contribution in [0, 0.1) is 0 Å². The summed E-state index contributed by atoms with van der Waals surface area (Å²) in [6.45, 7) is 0.703. The zero-order valence-corrected chi connectivity index (χ0v) is 9.83. The van der Waals surface area contributed by atoms with Gasteiger partial charge >= 0.3 is 0 Å². The van der Waals surface area contributed by atoms with Gasteiger partial charge in [-0.3, -0.25) is 9.78 Å². The number of amides is 1. The molecule has 1 fully saturated rings. The third kappa shape index (κ3) is 2.53. The third-order valence-electron chi connectivity index (χ3n) is 3.07. The van der Waals surface area contributed by atoms with Crippen LogP contribution in [0.25, 0.3) is 0 Å². The Bertz CT molecular complexity index is 363. The van der Waals surface area contributed by atoms with Crippen molar-refractivity contribution in [1.82, 2.24) is 10.3 Å². The first kappa shape index (κ1) is 11.4. The Morgan fingerprint density at radius 2 is 2.38 bits per heavy atom. The molecule has 2 rings (SSSR count). The Morgan fingerprint density at radius 1 is 1.56 bits per heavy atom. The molecule has 0 atom stereocenters. The normalized spacial score (nSPS) is 16.8. The van der Waals surface area contributed by atoms with E-state index in [1.54, 1.807) is 6.20 Å². The lowest BCUT2D eigenvalue weighted by atomic mass is 9.98. The van der Waals surface area contributed by atoms with Gasteiger partial charge in [0.1, 0.15) is 0 Å². The fourth-order valence-electron chi connectivity index (χ4n) is 1.84. The number of aromatic nitrogens is 1. The summed E-state index contributed by atoms with van der Waals surface area (Å²) in [5, 5.41) is 2.93. The second-order valence-electron chi connectivity index (χ2n) is 4.24. The van der Waals surface area contributed by atoms with Crippen molar-refractivity contribution in [1.29, 1.82) is 0 Å². The number of carbonyl (C=O) groups is 1. The van der Waals surface area contributed by atoms with E-state index in [-0.39, 0.29) is 11.3 Å². The van der Waals surface area contributed by atoms with E-state index in [0.717, 1.165) is 12.8 Å². The highest BCUT2D eigenvalue weighted by Crippen LogP contribution is 2.47. The minimum absolute atomic E-state index is 0.0326. The number of pyridine rings is 1. The molecular formula is C12H15ClN2O. The van der Waals surface area contributed by atoms with Gasteiger partial charge in [-0.25, -0.2) is 0 Å². The van der Waals surface area contributed by atoms with Crippen molar-refractivity contribution in [2.24, 2.45) is 0 Å². The number of rotatable bonds is 5. The molecule has 0 bridgehead atoms. The molecule has 1 aliphatic rings. The monoisotopic (exact) mass is 238 g/mol. The van der Waals surface area contributed by atoms with Crippen LogP contribution in [0.4, 0.5) is 0 Å². The van der Waals surface area contributed by atoms with Gasteiger partial charge in [-0.05, 0) is 24.5 Å². The van der Waals surface area contributed by atoms with E-state index >= 15 is 0 Å². The lowest BCUT2D eigenvalue weighted by Gasteiger charge is -2.15. The van der Waals surface area contributed by atoms with Gasteiger partial charge in [0.15, 0.2) is 0 Å². The predicted octanol–water partition coefficient (Wildman–Crippen LogP) is 1.86. The Kier molecular flexibility index (Phi) is 3.44. The largest absolute Gasteiger partial charge is 0.355 e. The van der Waals surface area contributed by atoms with Gasteiger partial charge in [-0.1, -0.05) is 6.07 Å². The molecule has 0 radical (unpaired) electrons. The van der Waals surface area contributed by atoms with E-state index in [0.29, 0.717) is 18.8 Å². The molecule has 1 aromatic heterocycles. The number of hydrogen-bond donors (Lipinski definition) is 1. The molecule has 16 heavy (non-hydrogen) atoms. The minimum Gasteiger partial charge on any atom is -0.355 e. The standard InChI is InChI=1S/C12H15ClN2O/c13-6-3-11(16)15-9-12(4-5-12)10-2-1-7-14-8-10/h1-2,7-8H,3-6,9H2,(H,15,16). The number of alkyl halides is 1. The first-order valence-electron chi connectivity index (χ1n) is 5.50. The van der Waals surface area contributed by atoms with Gasteiger partial charge < -0.3 is 5.32 Å². The van der Waals surface area contributed by atoms with Crippen LogP contribution in [0.15, 0.2) is 24.5 Å².